The smallest absolute Gasteiger partial charge is 0.224 e. The quantitative estimate of drug-likeness (QED) is 0.746. The second-order valence-electron chi connectivity index (χ2n) is 8.83. The van der Waals surface area contributed by atoms with Crippen LogP contribution >= 0.6 is 0 Å². The molecule has 0 aromatic carbocycles. The largest absolute Gasteiger partial charge is 0.355 e. The molecule has 4 atom stereocenters. The van der Waals surface area contributed by atoms with Gasteiger partial charge in [-0.3, -0.25) is 9.59 Å². The Morgan fingerprint density at radius 1 is 0.880 bits per heavy atom. The van der Waals surface area contributed by atoms with Crippen LogP contribution in [-0.2, 0) is 9.59 Å². The summed E-state index contributed by atoms with van der Waals surface area (Å²) in [7, 11) is 4.14. The molecule has 2 rings (SSSR count). The van der Waals surface area contributed by atoms with E-state index in [1.54, 1.807) is 0 Å². The zero-order chi connectivity index (χ0) is 18.8. The number of carbonyl (C=O) groups is 2. The summed E-state index contributed by atoms with van der Waals surface area (Å²) in [5, 5.41) is 6.20. The van der Waals surface area contributed by atoms with Gasteiger partial charge in [0.15, 0.2) is 0 Å². The summed E-state index contributed by atoms with van der Waals surface area (Å²) in [5.74, 6) is 0.431. The van der Waals surface area contributed by atoms with Crippen molar-refractivity contribution in [1.29, 1.82) is 0 Å². The molecule has 6 heteroatoms. The standard InChI is InChI=1S/C19H36N4O2/c1-13-15(7-9-22(13)5)17(24)20-11-19(3,4)12-21-18(25)16-8-10-23(6)14(16)2/h13-16H,7-12H2,1-6H3,(H,20,24)(H,21,25)/t13-,14-,15-,16+/m1/s1. The summed E-state index contributed by atoms with van der Waals surface area (Å²) in [6, 6.07) is 0.590. The minimum Gasteiger partial charge on any atom is -0.355 e. The Hall–Kier alpha value is -1.14. The molecule has 0 aliphatic carbocycles. The Balaban J connectivity index is 1.76. The molecule has 2 N–H and O–H groups in total. The summed E-state index contributed by atoms with van der Waals surface area (Å²) in [5.41, 5.74) is -0.160. The molecule has 2 aliphatic rings. The van der Waals surface area contributed by atoms with Crippen molar-refractivity contribution < 1.29 is 9.59 Å². The third-order valence-corrected chi connectivity index (χ3v) is 6.30. The van der Waals surface area contributed by atoms with E-state index in [9.17, 15) is 9.59 Å². The number of carbonyl (C=O) groups excluding carboxylic acids is 2. The minimum atomic E-state index is -0.160. The fourth-order valence-corrected chi connectivity index (χ4v) is 3.87. The summed E-state index contributed by atoms with van der Waals surface area (Å²) in [6.45, 7) is 11.5. The monoisotopic (exact) mass is 352 g/mol. The van der Waals surface area contributed by atoms with Crippen LogP contribution < -0.4 is 10.6 Å². The van der Waals surface area contributed by atoms with Crippen LogP contribution in [-0.4, -0.2) is 74.0 Å². The molecular weight excluding hydrogens is 316 g/mol. The molecule has 2 amide bonds. The lowest BCUT2D eigenvalue weighted by Gasteiger charge is -2.28. The van der Waals surface area contributed by atoms with Crippen molar-refractivity contribution >= 4 is 11.8 Å². The number of hydrogen-bond acceptors (Lipinski definition) is 4. The highest BCUT2D eigenvalue weighted by Gasteiger charge is 2.35. The van der Waals surface area contributed by atoms with Gasteiger partial charge in [0, 0.05) is 25.2 Å². The van der Waals surface area contributed by atoms with Gasteiger partial charge in [-0.25, -0.2) is 0 Å². The number of amides is 2. The van der Waals surface area contributed by atoms with Gasteiger partial charge in [-0.05, 0) is 59.3 Å². The van der Waals surface area contributed by atoms with E-state index in [1.807, 2.05) is 0 Å². The molecule has 0 radical (unpaired) electrons. The topological polar surface area (TPSA) is 64.7 Å². The molecule has 144 valence electrons. The van der Waals surface area contributed by atoms with Crippen molar-refractivity contribution in [3.05, 3.63) is 0 Å². The Morgan fingerprint density at radius 2 is 1.24 bits per heavy atom. The van der Waals surface area contributed by atoms with Gasteiger partial charge in [0.1, 0.15) is 0 Å². The third-order valence-electron chi connectivity index (χ3n) is 6.30. The first-order valence-electron chi connectivity index (χ1n) is 9.58. The Kier molecular flexibility index (Phi) is 6.49. The van der Waals surface area contributed by atoms with Crippen molar-refractivity contribution in [2.45, 2.75) is 52.6 Å². The predicted octanol–water partition coefficient (Wildman–Crippen LogP) is 0.925. The second-order valence-corrected chi connectivity index (χ2v) is 8.83. The van der Waals surface area contributed by atoms with E-state index >= 15 is 0 Å². The number of nitrogens with one attached hydrogen (secondary N) is 2. The summed E-state index contributed by atoms with van der Waals surface area (Å²) in [4.78, 5) is 29.4. The third kappa shape index (κ3) is 4.94. The normalized spacial score (nSPS) is 31.3. The maximum atomic E-state index is 12.4. The molecule has 0 saturated carbocycles. The molecule has 2 heterocycles. The molecule has 0 aromatic rings. The maximum Gasteiger partial charge on any atom is 0.224 e. The number of hydrogen-bond donors (Lipinski definition) is 2. The van der Waals surface area contributed by atoms with Crippen molar-refractivity contribution in [1.82, 2.24) is 20.4 Å². The Morgan fingerprint density at radius 3 is 1.52 bits per heavy atom. The molecule has 6 nitrogen and oxygen atoms in total. The van der Waals surface area contributed by atoms with Crippen LogP contribution in [0.4, 0.5) is 0 Å². The molecule has 0 spiro atoms. The number of nitrogens with zero attached hydrogens (tertiary/aromatic N) is 2. The first-order valence-corrected chi connectivity index (χ1v) is 9.58. The highest BCUT2D eigenvalue weighted by Crippen LogP contribution is 2.24. The van der Waals surface area contributed by atoms with Crippen molar-refractivity contribution in [3.8, 4) is 0 Å². The van der Waals surface area contributed by atoms with E-state index in [1.165, 1.54) is 0 Å². The molecular formula is C19H36N4O2. The molecule has 0 aromatic heterocycles. The van der Waals surface area contributed by atoms with Gasteiger partial charge in [0.2, 0.25) is 11.8 Å². The van der Waals surface area contributed by atoms with E-state index in [4.69, 9.17) is 0 Å². The average Bonchev–Trinajstić information content (AvgIpc) is 3.07. The van der Waals surface area contributed by atoms with Gasteiger partial charge in [0.05, 0.1) is 11.8 Å². The van der Waals surface area contributed by atoms with Gasteiger partial charge in [-0.15, -0.1) is 0 Å². The molecule has 2 fully saturated rings. The Labute approximate surface area is 152 Å². The second kappa shape index (κ2) is 8.04. The van der Waals surface area contributed by atoms with Gasteiger partial charge >= 0.3 is 0 Å². The highest BCUT2D eigenvalue weighted by atomic mass is 16.2. The molecule has 2 aliphatic heterocycles. The van der Waals surface area contributed by atoms with Gasteiger partial charge < -0.3 is 20.4 Å². The van der Waals surface area contributed by atoms with Crippen LogP contribution in [0.3, 0.4) is 0 Å². The van der Waals surface area contributed by atoms with Crippen LogP contribution in [0.15, 0.2) is 0 Å². The van der Waals surface area contributed by atoms with Crippen LogP contribution in [0.2, 0.25) is 0 Å². The lowest BCUT2D eigenvalue weighted by molar-refractivity contribution is -0.126. The van der Waals surface area contributed by atoms with Crippen LogP contribution in [0.5, 0.6) is 0 Å². The first-order chi connectivity index (χ1) is 11.6. The maximum absolute atomic E-state index is 12.4. The zero-order valence-electron chi connectivity index (χ0n) is 16.8. The van der Waals surface area contributed by atoms with Crippen molar-refractivity contribution in [2.24, 2.45) is 17.3 Å². The first kappa shape index (κ1) is 20.2. The van der Waals surface area contributed by atoms with Crippen LogP contribution in [0.25, 0.3) is 0 Å². The van der Waals surface area contributed by atoms with Gasteiger partial charge in [-0.1, -0.05) is 13.8 Å². The van der Waals surface area contributed by atoms with E-state index in [0.29, 0.717) is 25.2 Å². The minimum absolute atomic E-state index is 0.0743. The molecule has 0 bridgehead atoms. The lowest BCUT2D eigenvalue weighted by Crippen LogP contribution is -2.46. The SMILES string of the molecule is C[C@@H]1[C@@H](C(=O)NCC(C)(C)CNC(=O)[C@@H]2CCN(C)[C@@H]2C)CCN1C. The average molecular weight is 353 g/mol. The highest BCUT2D eigenvalue weighted by molar-refractivity contribution is 5.80. The van der Waals surface area contributed by atoms with Gasteiger partial charge in [0.25, 0.3) is 0 Å². The van der Waals surface area contributed by atoms with E-state index in [-0.39, 0.29) is 29.1 Å². The van der Waals surface area contributed by atoms with Gasteiger partial charge in [-0.2, -0.15) is 0 Å². The number of rotatable bonds is 6. The van der Waals surface area contributed by atoms with E-state index in [0.717, 1.165) is 25.9 Å². The lowest BCUT2D eigenvalue weighted by atomic mass is 9.91. The summed E-state index contributed by atoms with van der Waals surface area (Å²) in [6.07, 6.45) is 1.85. The van der Waals surface area contributed by atoms with Crippen LogP contribution in [0.1, 0.15) is 40.5 Å². The van der Waals surface area contributed by atoms with Crippen molar-refractivity contribution in [3.63, 3.8) is 0 Å². The summed E-state index contributed by atoms with van der Waals surface area (Å²) < 4.78 is 0. The molecule has 0 unspecified atom stereocenters. The van der Waals surface area contributed by atoms with E-state index in [2.05, 4.69) is 62.2 Å². The van der Waals surface area contributed by atoms with Crippen LogP contribution in [0, 0.1) is 17.3 Å². The fourth-order valence-electron chi connectivity index (χ4n) is 3.87. The molecule has 2 saturated heterocycles. The molecule has 25 heavy (non-hydrogen) atoms. The van der Waals surface area contributed by atoms with Crippen molar-refractivity contribution in [2.75, 3.05) is 40.3 Å². The summed E-state index contributed by atoms with van der Waals surface area (Å²) >= 11 is 0. The fraction of sp³-hybridized carbons (Fsp3) is 0.895. The Bertz CT molecular complexity index is 452. The predicted molar refractivity (Wildman–Crippen MR) is 100 cm³/mol. The zero-order valence-corrected chi connectivity index (χ0v) is 16.8. The van der Waals surface area contributed by atoms with E-state index < -0.39 is 0 Å². The number of likely N-dealkylation sites (tertiary alicyclic amines) is 2.